The van der Waals surface area contributed by atoms with Gasteiger partial charge in [0.25, 0.3) is 5.91 Å². The molecule has 2 heterocycles. The molecule has 0 spiro atoms. The Morgan fingerprint density at radius 2 is 2.33 bits per heavy atom. The van der Waals surface area contributed by atoms with Gasteiger partial charge in [-0.2, -0.15) is 5.26 Å². The first-order valence-corrected chi connectivity index (χ1v) is 9.09. The SMILES string of the molecule is Cc1nc(NC(=O)c2cc(Cl)cc3cccnc23)sc1SCC#N. The molecule has 0 aliphatic rings. The van der Waals surface area contributed by atoms with Gasteiger partial charge in [0.2, 0.25) is 0 Å². The van der Waals surface area contributed by atoms with Gasteiger partial charge >= 0.3 is 0 Å². The number of nitriles is 1. The zero-order valence-electron chi connectivity index (χ0n) is 12.5. The summed E-state index contributed by atoms with van der Waals surface area (Å²) in [6.07, 6.45) is 1.64. The predicted octanol–water partition coefficient (Wildman–Crippen LogP) is 4.52. The van der Waals surface area contributed by atoms with Gasteiger partial charge < -0.3 is 0 Å². The highest BCUT2D eigenvalue weighted by atomic mass is 35.5. The monoisotopic (exact) mass is 374 g/mol. The third-order valence-corrected chi connectivity index (χ3v) is 5.68. The molecule has 0 fully saturated rings. The summed E-state index contributed by atoms with van der Waals surface area (Å²) in [7, 11) is 0. The maximum atomic E-state index is 12.6. The predicted molar refractivity (Wildman–Crippen MR) is 97.9 cm³/mol. The number of benzene rings is 1. The molecule has 8 heteroatoms. The fraction of sp³-hybridized carbons (Fsp3) is 0.125. The number of aromatic nitrogens is 2. The average molecular weight is 375 g/mol. The number of nitrogens with one attached hydrogen (secondary N) is 1. The number of hydrogen-bond acceptors (Lipinski definition) is 6. The quantitative estimate of drug-likeness (QED) is 0.679. The van der Waals surface area contributed by atoms with Gasteiger partial charge in [-0.15, -0.1) is 0 Å². The summed E-state index contributed by atoms with van der Waals surface area (Å²) in [6, 6.07) is 9.09. The topological polar surface area (TPSA) is 78.7 Å². The van der Waals surface area contributed by atoms with Gasteiger partial charge in [0.15, 0.2) is 5.13 Å². The normalized spacial score (nSPS) is 10.5. The van der Waals surface area contributed by atoms with E-state index in [1.807, 2.05) is 13.0 Å². The standard InChI is InChI=1S/C16H11ClN4OS2/c1-9-15(23-6-4-18)24-16(20-9)21-14(22)12-8-11(17)7-10-3-2-5-19-13(10)12/h2-3,5,7-8H,6H2,1H3,(H,20,21,22). The van der Waals surface area contributed by atoms with Gasteiger partial charge in [0, 0.05) is 16.6 Å². The molecule has 2 aromatic heterocycles. The van der Waals surface area contributed by atoms with Crippen LogP contribution in [0.15, 0.2) is 34.7 Å². The van der Waals surface area contributed by atoms with E-state index in [-0.39, 0.29) is 5.91 Å². The van der Waals surface area contributed by atoms with Crippen molar-refractivity contribution in [2.45, 2.75) is 11.1 Å². The van der Waals surface area contributed by atoms with Crippen LogP contribution in [0.3, 0.4) is 0 Å². The van der Waals surface area contributed by atoms with Gasteiger partial charge in [0.05, 0.1) is 32.8 Å². The molecule has 1 aromatic carbocycles. The van der Waals surface area contributed by atoms with Crippen LogP contribution in [0, 0.1) is 18.3 Å². The number of hydrogen-bond donors (Lipinski definition) is 1. The minimum atomic E-state index is -0.313. The van der Waals surface area contributed by atoms with Crippen LogP contribution in [0.2, 0.25) is 5.02 Å². The maximum Gasteiger partial charge on any atom is 0.259 e. The zero-order chi connectivity index (χ0) is 17.1. The summed E-state index contributed by atoms with van der Waals surface area (Å²) in [4.78, 5) is 21.2. The van der Waals surface area contributed by atoms with Crippen LogP contribution >= 0.6 is 34.7 Å². The van der Waals surface area contributed by atoms with Crippen LogP contribution in [0.5, 0.6) is 0 Å². The van der Waals surface area contributed by atoms with Crippen LogP contribution < -0.4 is 5.32 Å². The van der Waals surface area contributed by atoms with Crippen molar-refractivity contribution in [1.82, 2.24) is 9.97 Å². The second kappa shape index (κ2) is 7.18. The number of pyridine rings is 1. The first-order chi connectivity index (χ1) is 11.6. The number of fused-ring (bicyclic) bond motifs is 1. The maximum absolute atomic E-state index is 12.6. The van der Waals surface area contributed by atoms with E-state index in [0.717, 1.165) is 15.3 Å². The lowest BCUT2D eigenvalue weighted by Gasteiger charge is -2.06. The summed E-state index contributed by atoms with van der Waals surface area (Å²) in [6.45, 7) is 1.85. The fourth-order valence-corrected chi connectivity index (χ4v) is 4.18. The van der Waals surface area contributed by atoms with Gasteiger partial charge in [-0.3, -0.25) is 15.1 Å². The molecule has 0 saturated heterocycles. The molecule has 5 nitrogen and oxygen atoms in total. The Kier molecular flexibility index (Phi) is 5.00. The summed E-state index contributed by atoms with van der Waals surface area (Å²) in [5.74, 6) is 0.0333. The van der Waals surface area contributed by atoms with Crippen molar-refractivity contribution in [1.29, 1.82) is 5.26 Å². The van der Waals surface area contributed by atoms with Crippen LogP contribution in [-0.2, 0) is 0 Å². The van der Waals surface area contributed by atoms with Gasteiger partial charge in [-0.1, -0.05) is 40.8 Å². The highest BCUT2D eigenvalue weighted by Crippen LogP contribution is 2.32. The molecular weight excluding hydrogens is 364 g/mol. The molecular formula is C16H11ClN4OS2. The molecule has 3 aromatic rings. The van der Waals surface area contributed by atoms with Gasteiger partial charge in [-0.05, 0) is 25.1 Å². The Balaban J connectivity index is 1.90. The van der Waals surface area contributed by atoms with E-state index >= 15 is 0 Å². The molecule has 3 rings (SSSR count). The number of amides is 1. The molecule has 0 aliphatic heterocycles. The average Bonchev–Trinajstić information content (AvgIpc) is 2.91. The van der Waals surface area contributed by atoms with Crippen molar-refractivity contribution in [2.24, 2.45) is 0 Å². The van der Waals surface area contributed by atoms with Gasteiger partial charge in [-0.25, -0.2) is 4.98 Å². The van der Waals surface area contributed by atoms with Gasteiger partial charge in [0.1, 0.15) is 0 Å². The molecule has 0 aliphatic carbocycles. The van der Waals surface area contributed by atoms with Crippen molar-refractivity contribution in [3.05, 3.63) is 46.7 Å². The van der Waals surface area contributed by atoms with Crippen LogP contribution in [0.1, 0.15) is 16.1 Å². The molecule has 1 amide bonds. The largest absolute Gasteiger partial charge is 0.298 e. The first-order valence-electron chi connectivity index (χ1n) is 6.91. The molecule has 0 saturated carbocycles. The van der Waals surface area contributed by atoms with Crippen LogP contribution in [0.4, 0.5) is 5.13 Å². The van der Waals surface area contributed by atoms with E-state index in [1.54, 1.807) is 24.4 Å². The minimum absolute atomic E-state index is 0.313. The lowest BCUT2D eigenvalue weighted by molar-refractivity contribution is 0.102. The van der Waals surface area contributed by atoms with E-state index in [0.29, 0.717) is 27.0 Å². The number of rotatable bonds is 4. The van der Waals surface area contributed by atoms with Crippen molar-refractivity contribution in [3.63, 3.8) is 0 Å². The van der Waals surface area contributed by atoms with E-state index in [1.165, 1.54) is 23.1 Å². The second-order valence-electron chi connectivity index (χ2n) is 4.82. The third-order valence-electron chi connectivity index (χ3n) is 3.16. The Morgan fingerprint density at radius 3 is 3.12 bits per heavy atom. The van der Waals surface area contributed by atoms with Crippen molar-refractivity contribution >= 4 is 56.6 Å². The number of anilines is 1. The number of carbonyl (C=O) groups excluding carboxylic acids is 1. The lowest BCUT2D eigenvalue weighted by Crippen LogP contribution is -2.12. The number of carbonyl (C=O) groups is 1. The highest BCUT2D eigenvalue weighted by molar-refractivity contribution is 8.01. The summed E-state index contributed by atoms with van der Waals surface area (Å²) in [5, 5.41) is 13.2. The smallest absolute Gasteiger partial charge is 0.259 e. The second-order valence-corrected chi connectivity index (χ2v) is 7.50. The first kappa shape index (κ1) is 16.7. The molecule has 0 unspecified atom stereocenters. The Hall–Kier alpha value is -2.14. The Bertz CT molecular complexity index is 964. The Morgan fingerprint density at radius 1 is 1.50 bits per heavy atom. The van der Waals surface area contributed by atoms with Crippen molar-refractivity contribution < 1.29 is 4.79 Å². The number of nitrogens with zero attached hydrogens (tertiary/aromatic N) is 3. The Labute approximate surface area is 151 Å². The summed E-state index contributed by atoms with van der Waals surface area (Å²) in [5.41, 5.74) is 1.79. The zero-order valence-corrected chi connectivity index (χ0v) is 14.9. The van der Waals surface area contributed by atoms with Crippen LogP contribution in [-0.4, -0.2) is 21.6 Å². The van der Waals surface area contributed by atoms with Crippen molar-refractivity contribution in [2.75, 3.05) is 11.1 Å². The van der Waals surface area contributed by atoms with E-state index in [2.05, 4.69) is 21.4 Å². The fourth-order valence-electron chi connectivity index (χ4n) is 2.16. The molecule has 1 N–H and O–H groups in total. The third kappa shape index (κ3) is 3.51. The number of thiazole rings is 1. The molecule has 0 radical (unpaired) electrons. The summed E-state index contributed by atoms with van der Waals surface area (Å²) < 4.78 is 0.918. The van der Waals surface area contributed by atoms with E-state index in [4.69, 9.17) is 16.9 Å². The van der Waals surface area contributed by atoms with Crippen molar-refractivity contribution in [3.8, 4) is 6.07 Å². The van der Waals surface area contributed by atoms with E-state index < -0.39 is 0 Å². The number of aryl methyl sites for hydroxylation is 1. The molecule has 120 valence electrons. The molecule has 0 atom stereocenters. The highest BCUT2D eigenvalue weighted by Gasteiger charge is 2.16. The van der Waals surface area contributed by atoms with E-state index in [9.17, 15) is 4.79 Å². The number of halogens is 1. The lowest BCUT2D eigenvalue weighted by atomic mass is 10.1. The van der Waals surface area contributed by atoms with Crippen LogP contribution in [0.25, 0.3) is 10.9 Å². The molecule has 0 bridgehead atoms. The number of thioether (sulfide) groups is 1. The molecule has 24 heavy (non-hydrogen) atoms. The summed E-state index contributed by atoms with van der Waals surface area (Å²) >= 11 is 8.86. The minimum Gasteiger partial charge on any atom is -0.298 e.